The van der Waals surface area contributed by atoms with E-state index < -0.39 is 0 Å². The number of aromatic nitrogens is 1. The molecular formula is C15H28N4S. The Kier molecular flexibility index (Phi) is 5.41. The molecule has 1 aliphatic heterocycles. The summed E-state index contributed by atoms with van der Waals surface area (Å²) in [4.78, 5) is 11.1. The van der Waals surface area contributed by atoms with Gasteiger partial charge in [-0.05, 0) is 39.4 Å². The van der Waals surface area contributed by atoms with E-state index in [1.807, 2.05) is 18.4 Å². The summed E-state index contributed by atoms with van der Waals surface area (Å²) in [7, 11) is 6.42. The topological polar surface area (TPSA) is 31.4 Å². The highest BCUT2D eigenvalue weighted by Crippen LogP contribution is 2.32. The minimum Gasteiger partial charge on any atom is -0.347 e. The molecule has 2 heterocycles. The van der Waals surface area contributed by atoms with Crippen molar-refractivity contribution in [1.82, 2.24) is 15.2 Å². The van der Waals surface area contributed by atoms with Crippen molar-refractivity contribution in [2.45, 2.75) is 45.2 Å². The van der Waals surface area contributed by atoms with Crippen LogP contribution in [0.25, 0.3) is 0 Å². The van der Waals surface area contributed by atoms with Crippen LogP contribution in [0, 0.1) is 0 Å². The normalized spacial score (nSPS) is 20.6. The molecule has 0 saturated carbocycles. The van der Waals surface area contributed by atoms with Crippen LogP contribution in [0.2, 0.25) is 0 Å². The van der Waals surface area contributed by atoms with E-state index in [1.54, 1.807) is 0 Å². The first-order valence-corrected chi connectivity index (χ1v) is 8.40. The number of likely N-dealkylation sites (N-methyl/N-ethyl adjacent to an activating group) is 2. The second kappa shape index (κ2) is 6.87. The van der Waals surface area contributed by atoms with Crippen molar-refractivity contribution < 1.29 is 0 Å². The van der Waals surface area contributed by atoms with Gasteiger partial charge in [0.2, 0.25) is 0 Å². The van der Waals surface area contributed by atoms with Crippen molar-refractivity contribution in [1.29, 1.82) is 0 Å². The van der Waals surface area contributed by atoms with E-state index in [1.165, 1.54) is 35.1 Å². The molecule has 1 aliphatic rings. The molecule has 0 radical (unpaired) electrons. The maximum Gasteiger partial charge on any atom is 0.185 e. The zero-order valence-corrected chi connectivity index (χ0v) is 14.3. The minimum atomic E-state index is 0.491. The van der Waals surface area contributed by atoms with Gasteiger partial charge in [-0.15, -0.1) is 11.3 Å². The largest absolute Gasteiger partial charge is 0.347 e. The van der Waals surface area contributed by atoms with Crippen LogP contribution in [0.5, 0.6) is 0 Å². The zero-order valence-electron chi connectivity index (χ0n) is 13.4. The molecule has 114 valence electrons. The highest BCUT2D eigenvalue weighted by atomic mass is 32.1. The van der Waals surface area contributed by atoms with E-state index in [0.717, 1.165) is 13.1 Å². The number of nitrogens with one attached hydrogen (secondary N) is 1. The van der Waals surface area contributed by atoms with Crippen LogP contribution in [0.3, 0.4) is 0 Å². The third-order valence-electron chi connectivity index (χ3n) is 4.05. The molecule has 1 saturated heterocycles. The van der Waals surface area contributed by atoms with Crippen LogP contribution in [0.15, 0.2) is 0 Å². The van der Waals surface area contributed by atoms with Crippen LogP contribution in [0.4, 0.5) is 5.13 Å². The number of nitrogens with zero attached hydrogens (tertiary/aromatic N) is 3. The van der Waals surface area contributed by atoms with E-state index in [4.69, 9.17) is 4.98 Å². The highest BCUT2D eigenvalue weighted by Gasteiger charge is 2.24. The Balaban J connectivity index is 2.16. The molecule has 1 aromatic rings. The average molecular weight is 296 g/mol. The van der Waals surface area contributed by atoms with Gasteiger partial charge >= 0.3 is 0 Å². The molecule has 20 heavy (non-hydrogen) atoms. The fourth-order valence-electron chi connectivity index (χ4n) is 2.85. The Hall–Kier alpha value is -0.650. The van der Waals surface area contributed by atoms with Crippen molar-refractivity contribution in [3.8, 4) is 0 Å². The summed E-state index contributed by atoms with van der Waals surface area (Å²) in [5, 5.41) is 4.44. The maximum atomic E-state index is 4.91. The highest BCUT2D eigenvalue weighted by molar-refractivity contribution is 7.15. The Morgan fingerprint density at radius 1 is 1.50 bits per heavy atom. The molecular weight excluding hydrogens is 268 g/mol. The van der Waals surface area contributed by atoms with Gasteiger partial charge in [-0.1, -0.05) is 13.8 Å². The van der Waals surface area contributed by atoms with Crippen LogP contribution < -0.4 is 10.2 Å². The third-order valence-corrected chi connectivity index (χ3v) is 5.21. The first-order valence-electron chi connectivity index (χ1n) is 7.58. The predicted octanol–water partition coefficient (Wildman–Crippen LogP) is 2.52. The first-order chi connectivity index (χ1) is 9.52. The van der Waals surface area contributed by atoms with Gasteiger partial charge in [0, 0.05) is 31.1 Å². The molecule has 0 bridgehead atoms. The molecule has 5 heteroatoms. The lowest BCUT2D eigenvalue weighted by Crippen LogP contribution is -2.45. The summed E-state index contributed by atoms with van der Waals surface area (Å²) >= 11 is 1.85. The van der Waals surface area contributed by atoms with E-state index in [9.17, 15) is 0 Å². The molecule has 1 atom stereocenters. The second-order valence-electron chi connectivity index (χ2n) is 6.16. The number of hydrogen-bond donors (Lipinski definition) is 1. The van der Waals surface area contributed by atoms with Gasteiger partial charge in [0.25, 0.3) is 0 Å². The zero-order chi connectivity index (χ0) is 14.7. The van der Waals surface area contributed by atoms with Gasteiger partial charge in [0.05, 0.1) is 5.69 Å². The molecule has 0 aliphatic carbocycles. The van der Waals surface area contributed by atoms with Crippen LogP contribution in [0.1, 0.15) is 43.2 Å². The lowest BCUT2D eigenvalue weighted by molar-refractivity contribution is 0.248. The lowest BCUT2D eigenvalue weighted by Gasteiger charge is -2.35. The molecule has 0 aromatic carbocycles. The molecule has 0 amide bonds. The van der Waals surface area contributed by atoms with Crippen molar-refractivity contribution in [3.05, 3.63) is 10.6 Å². The predicted molar refractivity (Wildman–Crippen MR) is 87.9 cm³/mol. The van der Waals surface area contributed by atoms with Gasteiger partial charge in [0.15, 0.2) is 5.13 Å². The molecule has 1 aromatic heterocycles. The van der Waals surface area contributed by atoms with Gasteiger partial charge in [-0.2, -0.15) is 0 Å². The van der Waals surface area contributed by atoms with Crippen molar-refractivity contribution in [3.63, 3.8) is 0 Å². The van der Waals surface area contributed by atoms with E-state index >= 15 is 0 Å². The standard InChI is InChI=1S/C15H28N4S/c1-11(2)14-13(9-16-3)20-15(17-14)19(5)12-7-6-8-18(4)10-12/h11-12,16H,6-10H2,1-5H3. The van der Waals surface area contributed by atoms with Crippen molar-refractivity contribution >= 4 is 16.5 Å². The number of anilines is 1. The number of rotatable bonds is 5. The van der Waals surface area contributed by atoms with E-state index in [0.29, 0.717) is 12.0 Å². The van der Waals surface area contributed by atoms with Gasteiger partial charge < -0.3 is 15.1 Å². The Morgan fingerprint density at radius 3 is 2.85 bits per heavy atom. The van der Waals surface area contributed by atoms with Crippen LogP contribution in [-0.4, -0.2) is 50.2 Å². The van der Waals surface area contributed by atoms with Crippen molar-refractivity contribution in [2.24, 2.45) is 0 Å². The summed E-state index contributed by atoms with van der Waals surface area (Å²) in [6.45, 7) is 7.75. The summed E-state index contributed by atoms with van der Waals surface area (Å²) in [5.74, 6) is 0.491. The summed E-state index contributed by atoms with van der Waals surface area (Å²) in [6, 6.07) is 0.599. The maximum absolute atomic E-state index is 4.91. The Morgan fingerprint density at radius 2 is 2.25 bits per heavy atom. The summed E-state index contributed by atoms with van der Waals surface area (Å²) in [5.41, 5.74) is 1.26. The number of likely N-dealkylation sites (tertiary alicyclic amines) is 1. The smallest absolute Gasteiger partial charge is 0.185 e. The van der Waals surface area contributed by atoms with Gasteiger partial charge in [0.1, 0.15) is 0 Å². The summed E-state index contributed by atoms with van der Waals surface area (Å²) in [6.07, 6.45) is 2.57. The SMILES string of the molecule is CNCc1sc(N(C)C2CCCN(C)C2)nc1C(C)C. The lowest BCUT2D eigenvalue weighted by atomic mass is 10.1. The molecule has 0 spiro atoms. The second-order valence-corrected chi connectivity index (χ2v) is 7.22. The Bertz CT molecular complexity index is 430. The Labute approximate surface area is 127 Å². The fourth-order valence-corrected chi connectivity index (χ4v) is 4.11. The van der Waals surface area contributed by atoms with Crippen molar-refractivity contribution in [2.75, 3.05) is 39.1 Å². The molecule has 1 fully saturated rings. The number of thiazole rings is 1. The number of piperidine rings is 1. The average Bonchev–Trinajstić information content (AvgIpc) is 2.82. The van der Waals surface area contributed by atoms with E-state index in [-0.39, 0.29) is 0 Å². The molecule has 1 N–H and O–H groups in total. The van der Waals surface area contributed by atoms with Crippen LogP contribution in [-0.2, 0) is 6.54 Å². The first kappa shape index (κ1) is 15.7. The van der Waals surface area contributed by atoms with E-state index in [2.05, 4.69) is 43.1 Å². The molecule has 1 unspecified atom stereocenters. The van der Waals surface area contributed by atoms with Gasteiger partial charge in [-0.25, -0.2) is 4.98 Å². The fraction of sp³-hybridized carbons (Fsp3) is 0.800. The third kappa shape index (κ3) is 3.51. The summed E-state index contributed by atoms with van der Waals surface area (Å²) < 4.78 is 0. The molecule has 4 nitrogen and oxygen atoms in total. The molecule has 2 rings (SSSR count). The van der Waals surface area contributed by atoms with Crippen LogP contribution >= 0.6 is 11.3 Å². The number of hydrogen-bond acceptors (Lipinski definition) is 5. The minimum absolute atomic E-state index is 0.491. The van der Waals surface area contributed by atoms with Gasteiger partial charge in [-0.3, -0.25) is 0 Å². The quantitative estimate of drug-likeness (QED) is 0.905. The monoisotopic (exact) mass is 296 g/mol.